The first kappa shape index (κ1) is 13.7. The Labute approximate surface area is 113 Å². The summed E-state index contributed by atoms with van der Waals surface area (Å²) in [6.45, 7) is 5.00. The summed E-state index contributed by atoms with van der Waals surface area (Å²) in [4.78, 5) is 0. The lowest BCUT2D eigenvalue weighted by Gasteiger charge is -2.12. The van der Waals surface area contributed by atoms with Gasteiger partial charge in [-0.1, -0.05) is 19.1 Å². The minimum Gasteiger partial charge on any atom is -0.324 e. The highest BCUT2D eigenvalue weighted by molar-refractivity contribution is 5.22. The number of nitrogens with two attached hydrogens (primary N) is 1. The van der Waals surface area contributed by atoms with Crippen LogP contribution in [-0.2, 0) is 19.4 Å². The van der Waals surface area contributed by atoms with Crippen molar-refractivity contribution in [3.63, 3.8) is 0 Å². The second-order valence-corrected chi connectivity index (χ2v) is 4.66. The third-order valence-electron chi connectivity index (χ3n) is 3.30. The van der Waals surface area contributed by atoms with Crippen LogP contribution in [-0.4, -0.2) is 9.78 Å². The molecule has 1 aromatic heterocycles. The summed E-state index contributed by atoms with van der Waals surface area (Å²) in [7, 11) is 0. The molecule has 0 aliphatic heterocycles. The number of aryl methyl sites for hydroxylation is 2. The minimum atomic E-state index is -0.234. The highest BCUT2D eigenvalue weighted by Crippen LogP contribution is 2.17. The molecule has 2 aromatic rings. The molecule has 102 valence electrons. The summed E-state index contributed by atoms with van der Waals surface area (Å²) in [6, 6.07) is 8.36. The molecule has 0 radical (unpaired) electrons. The van der Waals surface area contributed by atoms with Crippen LogP contribution in [0.25, 0.3) is 0 Å². The number of halogens is 1. The Hall–Kier alpha value is -1.68. The molecule has 0 fully saturated rings. The highest BCUT2D eigenvalue weighted by Gasteiger charge is 2.12. The van der Waals surface area contributed by atoms with Gasteiger partial charge in [-0.15, -0.1) is 0 Å². The van der Waals surface area contributed by atoms with Crippen molar-refractivity contribution in [1.29, 1.82) is 0 Å². The predicted octanol–water partition coefficient (Wildman–Crippen LogP) is 2.85. The van der Waals surface area contributed by atoms with E-state index in [4.69, 9.17) is 5.73 Å². The van der Waals surface area contributed by atoms with Crippen molar-refractivity contribution >= 4 is 0 Å². The molecule has 2 rings (SSSR count). The largest absolute Gasteiger partial charge is 0.324 e. The summed E-state index contributed by atoms with van der Waals surface area (Å²) < 4.78 is 14.9. The Morgan fingerprint density at radius 2 is 1.95 bits per heavy atom. The van der Waals surface area contributed by atoms with Crippen LogP contribution in [0.3, 0.4) is 0 Å². The van der Waals surface area contributed by atoms with Crippen LogP contribution in [0, 0.1) is 5.82 Å². The smallest absolute Gasteiger partial charge is 0.123 e. The van der Waals surface area contributed by atoms with Gasteiger partial charge in [-0.25, -0.2) is 4.39 Å². The van der Waals surface area contributed by atoms with Crippen LogP contribution in [0.5, 0.6) is 0 Å². The molecule has 3 nitrogen and oxygen atoms in total. The molecule has 19 heavy (non-hydrogen) atoms. The summed E-state index contributed by atoms with van der Waals surface area (Å²) in [5.41, 5.74) is 9.36. The molecule has 1 atom stereocenters. The second-order valence-electron chi connectivity index (χ2n) is 4.66. The zero-order valence-electron chi connectivity index (χ0n) is 11.4. The normalized spacial score (nSPS) is 12.6. The molecule has 0 saturated carbocycles. The lowest BCUT2D eigenvalue weighted by molar-refractivity contribution is 0.584. The molecule has 0 saturated heterocycles. The minimum absolute atomic E-state index is 0.132. The molecule has 0 bridgehead atoms. The quantitative estimate of drug-likeness (QED) is 0.899. The van der Waals surface area contributed by atoms with Gasteiger partial charge in [-0.05, 0) is 37.1 Å². The average Bonchev–Trinajstić information content (AvgIpc) is 2.81. The summed E-state index contributed by atoms with van der Waals surface area (Å²) in [6.07, 6.45) is 1.64. The molecule has 4 heteroatoms. The zero-order chi connectivity index (χ0) is 13.8. The molecule has 0 aliphatic carbocycles. The molecule has 1 aromatic carbocycles. The van der Waals surface area contributed by atoms with E-state index in [2.05, 4.69) is 25.0 Å². The third kappa shape index (κ3) is 3.20. The Kier molecular flexibility index (Phi) is 4.32. The number of benzene rings is 1. The average molecular weight is 261 g/mol. The van der Waals surface area contributed by atoms with Gasteiger partial charge < -0.3 is 5.73 Å². The molecule has 1 unspecified atom stereocenters. The summed E-state index contributed by atoms with van der Waals surface area (Å²) >= 11 is 0. The predicted molar refractivity (Wildman–Crippen MR) is 74.3 cm³/mol. The van der Waals surface area contributed by atoms with Gasteiger partial charge in [-0.3, -0.25) is 4.68 Å². The van der Waals surface area contributed by atoms with Crippen LogP contribution in [0.15, 0.2) is 30.3 Å². The fraction of sp³-hybridized carbons (Fsp3) is 0.400. The van der Waals surface area contributed by atoms with Crippen molar-refractivity contribution in [3.8, 4) is 0 Å². The molecule has 0 aliphatic rings. The Morgan fingerprint density at radius 3 is 2.53 bits per heavy atom. The van der Waals surface area contributed by atoms with Crippen molar-refractivity contribution in [3.05, 3.63) is 53.1 Å². The number of aromatic nitrogens is 2. The highest BCUT2D eigenvalue weighted by atomic mass is 19.1. The van der Waals surface area contributed by atoms with Gasteiger partial charge in [0.05, 0.1) is 5.69 Å². The topological polar surface area (TPSA) is 43.8 Å². The van der Waals surface area contributed by atoms with Crippen LogP contribution in [0.2, 0.25) is 0 Å². The van der Waals surface area contributed by atoms with E-state index in [0.717, 1.165) is 29.9 Å². The van der Waals surface area contributed by atoms with Crippen LogP contribution >= 0.6 is 0 Å². The van der Waals surface area contributed by atoms with Crippen molar-refractivity contribution < 1.29 is 4.39 Å². The van der Waals surface area contributed by atoms with Crippen molar-refractivity contribution in [2.24, 2.45) is 5.73 Å². The third-order valence-corrected chi connectivity index (χ3v) is 3.30. The van der Waals surface area contributed by atoms with Crippen LogP contribution in [0.1, 0.15) is 36.8 Å². The van der Waals surface area contributed by atoms with Gasteiger partial charge in [0.2, 0.25) is 0 Å². The van der Waals surface area contributed by atoms with Gasteiger partial charge in [0.25, 0.3) is 0 Å². The molecular formula is C15H20FN3. The van der Waals surface area contributed by atoms with Gasteiger partial charge in [0, 0.05) is 24.7 Å². The molecule has 1 heterocycles. The first-order chi connectivity index (χ1) is 9.13. The van der Waals surface area contributed by atoms with E-state index in [-0.39, 0.29) is 11.9 Å². The lowest BCUT2D eigenvalue weighted by Crippen LogP contribution is -2.16. The summed E-state index contributed by atoms with van der Waals surface area (Å²) in [5, 5.41) is 4.51. The van der Waals surface area contributed by atoms with Crippen LogP contribution < -0.4 is 5.73 Å². The van der Waals surface area contributed by atoms with E-state index in [1.165, 1.54) is 12.1 Å². The van der Waals surface area contributed by atoms with E-state index in [1.807, 2.05) is 4.68 Å². The molecule has 0 spiro atoms. The van der Waals surface area contributed by atoms with Gasteiger partial charge in [0.1, 0.15) is 5.82 Å². The van der Waals surface area contributed by atoms with Crippen molar-refractivity contribution in [2.45, 2.75) is 39.3 Å². The first-order valence-corrected chi connectivity index (χ1v) is 6.70. The van der Waals surface area contributed by atoms with E-state index >= 15 is 0 Å². The van der Waals surface area contributed by atoms with Gasteiger partial charge in [-0.2, -0.15) is 5.10 Å². The number of hydrogen-bond donors (Lipinski definition) is 1. The molecular weight excluding hydrogens is 241 g/mol. The van der Waals surface area contributed by atoms with Gasteiger partial charge >= 0.3 is 0 Å². The second kappa shape index (κ2) is 5.97. The number of nitrogens with zero attached hydrogens (tertiary/aromatic N) is 2. The van der Waals surface area contributed by atoms with Crippen molar-refractivity contribution in [1.82, 2.24) is 9.78 Å². The Bertz CT molecular complexity index is 531. The van der Waals surface area contributed by atoms with E-state index in [1.54, 1.807) is 12.1 Å². The van der Waals surface area contributed by atoms with Gasteiger partial charge in [0.15, 0.2) is 0 Å². The number of rotatable bonds is 5. The summed E-state index contributed by atoms with van der Waals surface area (Å²) in [5.74, 6) is -0.234. The molecule has 0 amide bonds. The maximum Gasteiger partial charge on any atom is 0.123 e. The van der Waals surface area contributed by atoms with E-state index in [9.17, 15) is 4.39 Å². The SMILES string of the molecule is CCc1cc(CC(N)c2ccc(F)cc2)n(CC)n1. The first-order valence-electron chi connectivity index (χ1n) is 6.70. The fourth-order valence-corrected chi connectivity index (χ4v) is 2.18. The Morgan fingerprint density at radius 1 is 1.26 bits per heavy atom. The standard InChI is InChI=1S/C15H20FN3/c1-3-13-9-14(19(4-2)18-13)10-15(17)11-5-7-12(16)8-6-11/h5-9,15H,3-4,10,17H2,1-2H3. The maximum absolute atomic E-state index is 12.9. The fourth-order valence-electron chi connectivity index (χ4n) is 2.18. The zero-order valence-corrected chi connectivity index (χ0v) is 11.4. The Balaban J connectivity index is 2.15. The van der Waals surface area contributed by atoms with Crippen molar-refractivity contribution in [2.75, 3.05) is 0 Å². The maximum atomic E-state index is 12.9. The van der Waals surface area contributed by atoms with E-state index in [0.29, 0.717) is 6.42 Å². The monoisotopic (exact) mass is 261 g/mol. The molecule has 2 N–H and O–H groups in total. The number of hydrogen-bond acceptors (Lipinski definition) is 2. The van der Waals surface area contributed by atoms with E-state index < -0.39 is 0 Å². The van der Waals surface area contributed by atoms with Crippen LogP contribution in [0.4, 0.5) is 4.39 Å². The lowest BCUT2D eigenvalue weighted by atomic mass is 10.0.